The Hall–Kier alpha value is -1.46. The van der Waals surface area contributed by atoms with Gasteiger partial charge in [-0.25, -0.2) is 0 Å². The molecule has 1 fully saturated rings. The fourth-order valence-corrected chi connectivity index (χ4v) is 2.99. The minimum absolute atomic E-state index is 0.211. The third kappa shape index (κ3) is 3.80. The summed E-state index contributed by atoms with van der Waals surface area (Å²) in [6.45, 7) is 8.58. The van der Waals surface area contributed by atoms with Crippen LogP contribution in [0.15, 0.2) is 18.2 Å². The molecule has 1 aliphatic heterocycles. The Balaban J connectivity index is 2.20. The summed E-state index contributed by atoms with van der Waals surface area (Å²) < 4.78 is 5.44. The fourth-order valence-electron chi connectivity index (χ4n) is 2.99. The number of hydrogen-bond donors (Lipinski definition) is 0. The predicted octanol–water partition coefficient (Wildman–Crippen LogP) is 3.29. The van der Waals surface area contributed by atoms with E-state index >= 15 is 0 Å². The third-order valence-corrected chi connectivity index (χ3v) is 4.29. The lowest BCUT2D eigenvalue weighted by Gasteiger charge is -2.37. The summed E-state index contributed by atoms with van der Waals surface area (Å²) in [4.78, 5) is 13.2. The van der Waals surface area contributed by atoms with Gasteiger partial charge in [0, 0.05) is 43.5 Å². The van der Waals surface area contributed by atoms with Crippen LogP contribution >= 0.6 is 0 Å². The third-order valence-electron chi connectivity index (χ3n) is 4.29. The van der Waals surface area contributed by atoms with Gasteiger partial charge in [0.15, 0.2) is 0 Å². The largest absolute Gasteiger partial charge is 0.381 e. The van der Waals surface area contributed by atoms with Crippen LogP contribution in [0.4, 0.5) is 5.69 Å². The highest BCUT2D eigenvalue weighted by Gasteiger charge is 2.25. The van der Waals surface area contributed by atoms with Crippen molar-refractivity contribution >= 4 is 5.69 Å². The number of ether oxygens (including phenoxy) is 1. The Bertz CT molecular complexity index is 496. The van der Waals surface area contributed by atoms with Gasteiger partial charge in [-0.2, -0.15) is 0 Å². The highest BCUT2D eigenvalue weighted by molar-refractivity contribution is 5.44. The maximum Gasteiger partial charge on any atom is 0.272 e. The Morgan fingerprint density at radius 3 is 2.62 bits per heavy atom. The first-order valence-electron chi connectivity index (χ1n) is 7.57. The number of rotatable bonds is 5. The Kier molecular flexibility index (Phi) is 5.31. The van der Waals surface area contributed by atoms with E-state index in [0.29, 0.717) is 12.1 Å². The van der Waals surface area contributed by atoms with Crippen molar-refractivity contribution in [2.75, 3.05) is 13.2 Å². The molecule has 1 heterocycles. The van der Waals surface area contributed by atoms with Gasteiger partial charge in [0.25, 0.3) is 5.69 Å². The topological polar surface area (TPSA) is 55.6 Å². The zero-order valence-corrected chi connectivity index (χ0v) is 13.0. The lowest BCUT2D eigenvalue weighted by Crippen LogP contribution is -2.43. The maximum absolute atomic E-state index is 11.1. The minimum atomic E-state index is -0.299. The Morgan fingerprint density at radius 2 is 2.05 bits per heavy atom. The average Bonchev–Trinajstić information content (AvgIpc) is 2.46. The number of benzene rings is 1. The predicted molar refractivity (Wildman–Crippen MR) is 82.4 cm³/mol. The molecule has 21 heavy (non-hydrogen) atoms. The molecule has 0 aromatic heterocycles. The number of nitro groups is 1. The van der Waals surface area contributed by atoms with E-state index in [1.807, 2.05) is 13.0 Å². The number of hydrogen-bond acceptors (Lipinski definition) is 4. The molecule has 1 aromatic carbocycles. The minimum Gasteiger partial charge on any atom is -0.381 e. The standard InChI is InChI=1S/C16H24N2O3/c1-12(2)17(15-7-9-21-10-8-15)11-14-5-4-6-16(13(14)3)18(19)20/h4-6,12,15H,7-11H2,1-3H3. The second-order valence-corrected chi connectivity index (χ2v) is 5.93. The zero-order chi connectivity index (χ0) is 15.4. The molecular weight excluding hydrogens is 268 g/mol. The molecule has 2 rings (SSSR count). The molecule has 0 N–H and O–H groups in total. The first kappa shape index (κ1) is 15.9. The molecule has 1 aromatic rings. The average molecular weight is 292 g/mol. The quantitative estimate of drug-likeness (QED) is 0.617. The first-order valence-corrected chi connectivity index (χ1v) is 7.57. The second-order valence-electron chi connectivity index (χ2n) is 5.93. The summed E-state index contributed by atoms with van der Waals surface area (Å²) >= 11 is 0. The van der Waals surface area contributed by atoms with Crippen molar-refractivity contribution < 1.29 is 9.66 Å². The van der Waals surface area contributed by atoms with Crippen LogP contribution in [-0.4, -0.2) is 35.1 Å². The second kappa shape index (κ2) is 7.00. The summed E-state index contributed by atoms with van der Waals surface area (Å²) in [5.74, 6) is 0. The Morgan fingerprint density at radius 1 is 1.38 bits per heavy atom. The lowest BCUT2D eigenvalue weighted by molar-refractivity contribution is -0.385. The van der Waals surface area contributed by atoms with E-state index in [2.05, 4.69) is 18.7 Å². The van der Waals surface area contributed by atoms with Gasteiger partial charge in [0.1, 0.15) is 0 Å². The van der Waals surface area contributed by atoms with E-state index in [-0.39, 0.29) is 10.6 Å². The van der Waals surface area contributed by atoms with E-state index in [0.717, 1.165) is 43.7 Å². The summed E-state index contributed by atoms with van der Waals surface area (Å²) in [6.07, 6.45) is 2.07. The molecule has 1 aliphatic rings. The van der Waals surface area contributed by atoms with Crippen LogP contribution in [0.1, 0.15) is 37.8 Å². The van der Waals surface area contributed by atoms with Crippen molar-refractivity contribution in [3.63, 3.8) is 0 Å². The molecule has 116 valence electrons. The van der Waals surface area contributed by atoms with Gasteiger partial charge in [-0.05, 0) is 39.2 Å². The molecule has 0 atom stereocenters. The monoisotopic (exact) mass is 292 g/mol. The zero-order valence-electron chi connectivity index (χ0n) is 13.0. The number of nitrogens with zero attached hydrogens (tertiary/aromatic N) is 2. The van der Waals surface area contributed by atoms with Crippen LogP contribution in [0.2, 0.25) is 0 Å². The lowest BCUT2D eigenvalue weighted by atomic mass is 10.0. The molecule has 1 saturated heterocycles. The van der Waals surface area contributed by atoms with Crippen molar-refractivity contribution in [1.29, 1.82) is 0 Å². The molecule has 5 nitrogen and oxygen atoms in total. The number of nitro benzene ring substituents is 1. The van der Waals surface area contributed by atoms with Crippen molar-refractivity contribution in [3.05, 3.63) is 39.4 Å². The summed E-state index contributed by atoms with van der Waals surface area (Å²) in [5.41, 5.74) is 2.03. The molecule has 0 radical (unpaired) electrons. The highest BCUT2D eigenvalue weighted by atomic mass is 16.6. The van der Waals surface area contributed by atoms with E-state index in [1.54, 1.807) is 12.1 Å². The van der Waals surface area contributed by atoms with Gasteiger partial charge in [-0.15, -0.1) is 0 Å². The van der Waals surface area contributed by atoms with Crippen molar-refractivity contribution in [3.8, 4) is 0 Å². The maximum atomic E-state index is 11.1. The molecule has 0 aliphatic carbocycles. The van der Waals surface area contributed by atoms with Gasteiger partial charge >= 0.3 is 0 Å². The SMILES string of the molecule is Cc1c(CN(C(C)C)C2CCOCC2)cccc1[N+](=O)[O-]. The van der Waals surface area contributed by atoms with Gasteiger partial charge in [-0.1, -0.05) is 12.1 Å². The molecule has 0 bridgehead atoms. The summed E-state index contributed by atoms with van der Waals surface area (Å²) in [6, 6.07) is 6.26. The molecule has 5 heteroatoms. The highest BCUT2D eigenvalue weighted by Crippen LogP contribution is 2.25. The summed E-state index contributed by atoms with van der Waals surface area (Å²) in [7, 11) is 0. The van der Waals surface area contributed by atoms with E-state index in [9.17, 15) is 10.1 Å². The Labute approximate surface area is 126 Å². The van der Waals surface area contributed by atoms with Gasteiger partial charge in [-0.3, -0.25) is 15.0 Å². The van der Waals surface area contributed by atoms with Gasteiger partial charge < -0.3 is 4.74 Å². The van der Waals surface area contributed by atoms with E-state index in [1.165, 1.54) is 0 Å². The molecule has 0 amide bonds. The van der Waals surface area contributed by atoms with Crippen LogP contribution in [0.25, 0.3) is 0 Å². The normalized spacial score (nSPS) is 16.6. The van der Waals surface area contributed by atoms with Crippen molar-refractivity contribution in [2.24, 2.45) is 0 Å². The first-order chi connectivity index (χ1) is 10.0. The van der Waals surface area contributed by atoms with Crippen LogP contribution < -0.4 is 0 Å². The van der Waals surface area contributed by atoms with Gasteiger partial charge in [0.05, 0.1) is 4.92 Å². The summed E-state index contributed by atoms with van der Waals surface area (Å²) in [5, 5.41) is 11.1. The van der Waals surface area contributed by atoms with Crippen molar-refractivity contribution in [2.45, 2.75) is 52.2 Å². The van der Waals surface area contributed by atoms with Crippen LogP contribution in [0.5, 0.6) is 0 Å². The van der Waals surface area contributed by atoms with E-state index in [4.69, 9.17) is 4.74 Å². The molecule has 0 spiro atoms. The van der Waals surface area contributed by atoms with Crippen LogP contribution in [-0.2, 0) is 11.3 Å². The van der Waals surface area contributed by atoms with Crippen LogP contribution in [0, 0.1) is 17.0 Å². The van der Waals surface area contributed by atoms with Crippen molar-refractivity contribution in [1.82, 2.24) is 4.90 Å². The van der Waals surface area contributed by atoms with E-state index < -0.39 is 0 Å². The van der Waals surface area contributed by atoms with Gasteiger partial charge in [0.2, 0.25) is 0 Å². The molecule has 0 unspecified atom stereocenters. The molecular formula is C16H24N2O3. The van der Waals surface area contributed by atoms with Crippen LogP contribution in [0.3, 0.4) is 0 Å². The smallest absolute Gasteiger partial charge is 0.272 e. The molecule has 0 saturated carbocycles. The fraction of sp³-hybridized carbons (Fsp3) is 0.625.